The summed E-state index contributed by atoms with van der Waals surface area (Å²) in [7, 11) is 3.28. The van der Waals surface area contributed by atoms with Gasteiger partial charge in [0.2, 0.25) is 5.91 Å². The minimum absolute atomic E-state index is 0.195. The van der Waals surface area contributed by atoms with E-state index in [1.165, 1.54) is 5.56 Å². The molecule has 5 nitrogen and oxygen atoms in total. The largest absolute Gasteiger partial charge is 0.493 e. The van der Waals surface area contributed by atoms with Gasteiger partial charge in [-0.2, -0.15) is 0 Å². The van der Waals surface area contributed by atoms with E-state index in [0.29, 0.717) is 6.42 Å². The fourth-order valence-corrected chi connectivity index (χ4v) is 3.23. The fourth-order valence-electron chi connectivity index (χ4n) is 3.23. The zero-order valence-electron chi connectivity index (χ0n) is 15.7. The first-order valence-corrected chi connectivity index (χ1v) is 8.91. The number of ether oxygens (including phenoxy) is 2. The Morgan fingerprint density at radius 1 is 0.923 bits per heavy atom. The maximum Gasteiger partial charge on any atom is 0.227 e. The highest BCUT2D eigenvalue weighted by molar-refractivity contribution is 5.79. The van der Waals surface area contributed by atoms with E-state index >= 15 is 0 Å². The van der Waals surface area contributed by atoms with Gasteiger partial charge in [-0.05, 0) is 24.6 Å². The Balaban J connectivity index is 1.58. The van der Waals surface area contributed by atoms with Crippen molar-refractivity contribution < 1.29 is 14.3 Å². The topological polar surface area (TPSA) is 42.0 Å². The summed E-state index contributed by atoms with van der Waals surface area (Å²) < 4.78 is 10.7. The van der Waals surface area contributed by atoms with Gasteiger partial charge in [0, 0.05) is 37.9 Å². The third-order valence-electron chi connectivity index (χ3n) is 4.84. The SMILES string of the molecule is COc1ccc(N2CCN(C(=O)Cc3ccc(C)cc3)CC2)cc1OC. The van der Waals surface area contributed by atoms with Gasteiger partial charge >= 0.3 is 0 Å². The fraction of sp³-hybridized carbons (Fsp3) is 0.381. The van der Waals surface area contributed by atoms with Crippen LogP contribution in [0.4, 0.5) is 5.69 Å². The molecular formula is C21H26N2O3. The third-order valence-corrected chi connectivity index (χ3v) is 4.84. The van der Waals surface area contributed by atoms with Crippen molar-refractivity contribution in [3.05, 3.63) is 53.6 Å². The lowest BCUT2D eigenvalue weighted by Crippen LogP contribution is -2.49. The van der Waals surface area contributed by atoms with Gasteiger partial charge in [-0.1, -0.05) is 29.8 Å². The molecule has 138 valence electrons. The van der Waals surface area contributed by atoms with Gasteiger partial charge in [0.05, 0.1) is 20.6 Å². The number of benzene rings is 2. The Labute approximate surface area is 155 Å². The Morgan fingerprint density at radius 2 is 1.58 bits per heavy atom. The summed E-state index contributed by atoms with van der Waals surface area (Å²) in [6.07, 6.45) is 0.469. The average Bonchev–Trinajstić information content (AvgIpc) is 2.69. The van der Waals surface area contributed by atoms with Gasteiger partial charge in [-0.3, -0.25) is 4.79 Å². The van der Waals surface area contributed by atoms with Crippen molar-refractivity contribution in [3.8, 4) is 11.5 Å². The Hall–Kier alpha value is -2.69. The summed E-state index contributed by atoms with van der Waals surface area (Å²) in [6.45, 7) is 5.15. The van der Waals surface area contributed by atoms with E-state index in [0.717, 1.165) is 48.9 Å². The maximum absolute atomic E-state index is 12.6. The maximum atomic E-state index is 12.6. The van der Waals surface area contributed by atoms with Crippen LogP contribution in [0.5, 0.6) is 11.5 Å². The van der Waals surface area contributed by atoms with Crippen molar-refractivity contribution >= 4 is 11.6 Å². The highest BCUT2D eigenvalue weighted by Crippen LogP contribution is 2.31. The summed E-state index contributed by atoms with van der Waals surface area (Å²) in [6, 6.07) is 14.1. The number of carbonyl (C=O) groups excluding carboxylic acids is 1. The Bertz CT molecular complexity index is 750. The number of anilines is 1. The molecule has 0 atom stereocenters. The molecule has 1 amide bonds. The first kappa shape index (κ1) is 18.1. The molecular weight excluding hydrogens is 328 g/mol. The molecule has 0 spiro atoms. The van der Waals surface area contributed by atoms with E-state index in [1.54, 1.807) is 14.2 Å². The van der Waals surface area contributed by atoms with E-state index < -0.39 is 0 Å². The van der Waals surface area contributed by atoms with E-state index in [2.05, 4.69) is 24.0 Å². The van der Waals surface area contributed by atoms with Gasteiger partial charge in [-0.25, -0.2) is 0 Å². The molecule has 5 heteroatoms. The molecule has 1 saturated heterocycles. The Morgan fingerprint density at radius 3 is 2.19 bits per heavy atom. The van der Waals surface area contributed by atoms with Gasteiger partial charge in [0.15, 0.2) is 11.5 Å². The van der Waals surface area contributed by atoms with Crippen molar-refractivity contribution in [2.75, 3.05) is 45.3 Å². The van der Waals surface area contributed by atoms with Crippen LogP contribution in [0.25, 0.3) is 0 Å². The van der Waals surface area contributed by atoms with E-state index in [4.69, 9.17) is 9.47 Å². The molecule has 0 bridgehead atoms. The van der Waals surface area contributed by atoms with E-state index in [9.17, 15) is 4.79 Å². The van der Waals surface area contributed by atoms with Gasteiger partial charge < -0.3 is 19.3 Å². The number of piperazine rings is 1. The van der Waals surface area contributed by atoms with Crippen molar-refractivity contribution in [1.29, 1.82) is 0 Å². The first-order valence-electron chi connectivity index (χ1n) is 8.91. The normalized spacial score (nSPS) is 14.3. The molecule has 26 heavy (non-hydrogen) atoms. The van der Waals surface area contributed by atoms with Crippen LogP contribution >= 0.6 is 0 Å². The zero-order valence-corrected chi connectivity index (χ0v) is 15.7. The van der Waals surface area contributed by atoms with Gasteiger partial charge in [0.1, 0.15) is 0 Å². The molecule has 1 aliphatic rings. The lowest BCUT2D eigenvalue weighted by atomic mass is 10.1. The second kappa shape index (κ2) is 8.13. The van der Waals surface area contributed by atoms with Crippen LogP contribution in [0.1, 0.15) is 11.1 Å². The standard InChI is InChI=1S/C21H26N2O3/c1-16-4-6-17(7-5-16)14-21(24)23-12-10-22(11-13-23)18-8-9-19(25-2)20(15-18)26-3/h4-9,15H,10-14H2,1-3H3. The van der Waals surface area contributed by atoms with Crippen molar-refractivity contribution in [3.63, 3.8) is 0 Å². The van der Waals surface area contributed by atoms with Crippen LogP contribution in [0.15, 0.2) is 42.5 Å². The van der Waals surface area contributed by atoms with Gasteiger partial charge in [0.25, 0.3) is 0 Å². The summed E-state index contributed by atoms with van der Waals surface area (Å²) >= 11 is 0. The lowest BCUT2D eigenvalue weighted by Gasteiger charge is -2.36. The molecule has 0 radical (unpaired) electrons. The number of hydrogen-bond donors (Lipinski definition) is 0. The summed E-state index contributed by atoms with van der Waals surface area (Å²) in [4.78, 5) is 16.8. The monoisotopic (exact) mass is 354 g/mol. The van der Waals surface area contributed by atoms with E-state index in [-0.39, 0.29) is 5.91 Å². The molecule has 2 aromatic carbocycles. The lowest BCUT2D eigenvalue weighted by molar-refractivity contribution is -0.130. The van der Waals surface area contributed by atoms with Crippen LogP contribution < -0.4 is 14.4 Å². The van der Waals surface area contributed by atoms with Crippen LogP contribution in [0, 0.1) is 6.92 Å². The summed E-state index contributed by atoms with van der Waals surface area (Å²) in [5, 5.41) is 0. The molecule has 0 N–H and O–H groups in total. The molecule has 1 fully saturated rings. The molecule has 3 rings (SSSR count). The van der Waals surface area contributed by atoms with Crippen LogP contribution in [-0.4, -0.2) is 51.2 Å². The van der Waals surface area contributed by atoms with E-state index in [1.807, 2.05) is 35.2 Å². The predicted molar refractivity (Wildman–Crippen MR) is 103 cm³/mol. The van der Waals surface area contributed by atoms with Crippen LogP contribution in [0.2, 0.25) is 0 Å². The zero-order chi connectivity index (χ0) is 18.5. The smallest absolute Gasteiger partial charge is 0.227 e. The van der Waals surface area contributed by atoms with Crippen LogP contribution in [-0.2, 0) is 11.2 Å². The van der Waals surface area contributed by atoms with Crippen LogP contribution in [0.3, 0.4) is 0 Å². The summed E-state index contributed by atoms with van der Waals surface area (Å²) in [5.41, 5.74) is 3.38. The second-order valence-corrected chi connectivity index (χ2v) is 6.57. The highest BCUT2D eigenvalue weighted by atomic mass is 16.5. The number of amides is 1. The number of carbonyl (C=O) groups is 1. The first-order chi connectivity index (χ1) is 12.6. The van der Waals surface area contributed by atoms with Crippen molar-refractivity contribution in [1.82, 2.24) is 4.90 Å². The molecule has 1 heterocycles. The highest BCUT2D eigenvalue weighted by Gasteiger charge is 2.22. The van der Waals surface area contributed by atoms with Crippen molar-refractivity contribution in [2.24, 2.45) is 0 Å². The quantitative estimate of drug-likeness (QED) is 0.828. The molecule has 2 aromatic rings. The molecule has 0 aromatic heterocycles. The minimum Gasteiger partial charge on any atom is -0.493 e. The number of hydrogen-bond acceptors (Lipinski definition) is 4. The van der Waals surface area contributed by atoms with Gasteiger partial charge in [-0.15, -0.1) is 0 Å². The number of aryl methyl sites for hydroxylation is 1. The summed E-state index contributed by atoms with van der Waals surface area (Å²) in [5.74, 6) is 1.65. The predicted octanol–water partition coefficient (Wildman–Crippen LogP) is 2.90. The average molecular weight is 354 g/mol. The number of rotatable bonds is 5. The molecule has 0 unspecified atom stereocenters. The number of nitrogens with zero attached hydrogens (tertiary/aromatic N) is 2. The molecule has 0 aliphatic carbocycles. The number of methoxy groups -OCH3 is 2. The minimum atomic E-state index is 0.195. The third kappa shape index (κ3) is 4.10. The molecule has 1 aliphatic heterocycles. The van der Waals surface area contributed by atoms with Crippen molar-refractivity contribution in [2.45, 2.75) is 13.3 Å². The Kier molecular flexibility index (Phi) is 5.66. The second-order valence-electron chi connectivity index (χ2n) is 6.57. The molecule has 0 saturated carbocycles.